The highest BCUT2D eigenvalue weighted by atomic mass is 16.5. The zero-order chi connectivity index (χ0) is 14.8. The minimum absolute atomic E-state index is 0.261. The van der Waals surface area contributed by atoms with E-state index < -0.39 is 0 Å². The molecule has 1 saturated heterocycles. The maximum atomic E-state index is 5.67. The topological polar surface area (TPSA) is 38.2 Å². The van der Waals surface area contributed by atoms with Crippen molar-refractivity contribution in [2.24, 2.45) is 0 Å². The second-order valence-electron chi connectivity index (χ2n) is 4.18. The van der Waals surface area contributed by atoms with E-state index in [2.05, 4.69) is 28.7 Å². The Kier molecular flexibility index (Phi) is 9.13. The standard InChI is InChI=1S/C11H17N3O.2C2H6/c1-8-4-13-11(5-12-8)14-6-9(2)15-10(3)7-14;2*1-2/h4-5,9-10H,6-7H2,1-3H3;2*1-2H3/t9-,10+;;. The molecule has 4 heteroatoms. The molecule has 0 saturated carbocycles. The summed E-state index contributed by atoms with van der Waals surface area (Å²) < 4.78 is 5.67. The monoisotopic (exact) mass is 267 g/mol. The van der Waals surface area contributed by atoms with Gasteiger partial charge in [-0.2, -0.15) is 0 Å². The van der Waals surface area contributed by atoms with E-state index in [1.807, 2.05) is 40.8 Å². The van der Waals surface area contributed by atoms with Crippen molar-refractivity contribution >= 4 is 5.82 Å². The van der Waals surface area contributed by atoms with E-state index in [1.165, 1.54) is 0 Å². The molecule has 0 N–H and O–H groups in total. The minimum Gasteiger partial charge on any atom is -0.372 e. The fraction of sp³-hybridized carbons (Fsp3) is 0.733. The lowest BCUT2D eigenvalue weighted by Gasteiger charge is -2.35. The number of aromatic nitrogens is 2. The van der Waals surface area contributed by atoms with Crippen LogP contribution in [0.5, 0.6) is 0 Å². The van der Waals surface area contributed by atoms with Gasteiger partial charge in [-0.15, -0.1) is 0 Å². The molecule has 2 heterocycles. The summed E-state index contributed by atoms with van der Waals surface area (Å²) in [6, 6.07) is 0. The molecule has 1 aromatic heterocycles. The second-order valence-corrected chi connectivity index (χ2v) is 4.18. The van der Waals surface area contributed by atoms with Crippen molar-refractivity contribution in [3.63, 3.8) is 0 Å². The van der Waals surface area contributed by atoms with Crippen molar-refractivity contribution in [3.8, 4) is 0 Å². The Hall–Kier alpha value is -1.16. The van der Waals surface area contributed by atoms with Crippen LogP contribution in [0, 0.1) is 6.92 Å². The van der Waals surface area contributed by atoms with Crippen LogP contribution >= 0.6 is 0 Å². The SMILES string of the molecule is CC.CC.Cc1cnc(N2C[C@@H](C)O[C@@H](C)C2)cn1. The quantitative estimate of drug-likeness (QED) is 0.781. The molecule has 1 aliphatic rings. The van der Waals surface area contributed by atoms with Gasteiger partial charge in [-0.3, -0.25) is 4.98 Å². The second kappa shape index (κ2) is 9.73. The molecule has 0 spiro atoms. The van der Waals surface area contributed by atoms with Gasteiger partial charge >= 0.3 is 0 Å². The molecule has 0 aliphatic carbocycles. The summed E-state index contributed by atoms with van der Waals surface area (Å²) in [7, 11) is 0. The Morgan fingerprint density at radius 3 is 1.95 bits per heavy atom. The van der Waals surface area contributed by atoms with Crippen molar-refractivity contribution in [2.45, 2.75) is 60.7 Å². The Morgan fingerprint density at radius 2 is 1.53 bits per heavy atom. The first kappa shape index (κ1) is 17.8. The maximum absolute atomic E-state index is 5.67. The summed E-state index contributed by atoms with van der Waals surface area (Å²) in [5.74, 6) is 0.947. The predicted octanol–water partition coefficient (Wildman–Crippen LogP) is 3.45. The molecule has 0 aromatic carbocycles. The van der Waals surface area contributed by atoms with Gasteiger partial charge in [0.05, 0.1) is 30.3 Å². The largest absolute Gasteiger partial charge is 0.372 e. The van der Waals surface area contributed by atoms with Crippen LogP contribution < -0.4 is 4.90 Å². The molecule has 1 aromatic rings. The number of anilines is 1. The van der Waals surface area contributed by atoms with Crippen LogP contribution in [-0.2, 0) is 4.74 Å². The van der Waals surface area contributed by atoms with E-state index in [1.54, 1.807) is 6.20 Å². The molecule has 110 valence electrons. The lowest BCUT2D eigenvalue weighted by atomic mass is 10.2. The van der Waals surface area contributed by atoms with Crippen molar-refractivity contribution in [1.29, 1.82) is 0 Å². The van der Waals surface area contributed by atoms with Crippen LogP contribution in [0.15, 0.2) is 12.4 Å². The van der Waals surface area contributed by atoms with E-state index in [0.717, 1.165) is 24.6 Å². The van der Waals surface area contributed by atoms with E-state index >= 15 is 0 Å². The molecule has 2 atom stereocenters. The third kappa shape index (κ3) is 6.01. The van der Waals surface area contributed by atoms with Gasteiger partial charge < -0.3 is 9.64 Å². The van der Waals surface area contributed by atoms with Crippen molar-refractivity contribution in [1.82, 2.24) is 9.97 Å². The zero-order valence-electron chi connectivity index (χ0n) is 13.5. The van der Waals surface area contributed by atoms with E-state index in [4.69, 9.17) is 4.74 Å². The molecular weight excluding hydrogens is 238 g/mol. The molecule has 2 rings (SSSR count). The maximum Gasteiger partial charge on any atom is 0.147 e. The van der Waals surface area contributed by atoms with Crippen molar-refractivity contribution in [2.75, 3.05) is 18.0 Å². The van der Waals surface area contributed by atoms with E-state index in [-0.39, 0.29) is 12.2 Å². The smallest absolute Gasteiger partial charge is 0.147 e. The van der Waals surface area contributed by atoms with Gasteiger partial charge in [-0.05, 0) is 20.8 Å². The lowest BCUT2D eigenvalue weighted by molar-refractivity contribution is -0.00547. The summed E-state index contributed by atoms with van der Waals surface area (Å²) in [6.07, 6.45) is 4.16. The Labute approximate surface area is 118 Å². The van der Waals surface area contributed by atoms with Crippen molar-refractivity contribution < 1.29 is 4.74 Å². The molecule has 0 bridgehead atoms. The van der Waals surface area contributed by atoms with Crippen molar-refractivity contribution in [3.05, 3.63) is 18.1 Å². The first-order valence-electron chi connectivity index (χ1n) is 7.34. The van der Waals surface area contributed by atoms with Crippen LogP contribution in [0.25, 0.3) is 0 Å². The number of ether oxygens (including phenoxy) is 1. The van der Waals surface area contributed by atoms with Gasteiger partial charge in [0.15, 0.2) is 0 Å². The van der Waals surface area contributed by atoms with Crippen LogP contribution in [0.2, 0.25) is 0 Å². The van der Waals surface area contributed by atoms with E-state index in [9.17, 15) is 0 Å². The third-order valence-electron chi connectivity index (χ3n) is 2.51. The minimum atomic E-state index is 0.261. The van der Waals surface area contributed by atoms with Crippen LogP contribution in [0.4, 0.5) is 5.82 Å². The number of morpholine rings is 1. The highest BCUT2D eigenvalue weighted by molar-refractivity contribution is 5.36. The Bertz CT molecular complexity index is 317. The summed E-state index contributed by atoms with van der Waals surface area (Å²) in [5.41, 5.74) is 0.952. The van der Waals surface area contributed by atoms with E-state index in [0.29, 0.717) is 0 Å². The van der Waals surface area contributed by atoms with Gasteiger partial charge in [0.2, 0.25) is 0 Å². The average molecular weight is 267 g/mol. The lowest BCUT2D eigenvalue weighted by Crippen LogP contribution is -2.45. The fourth-order valence-electron chi connectivity index (χ4n) is 1.91. The highest BCUT2D eigenvalue weighted by Crippen LogP contribution is 2.16. The fourth-order valence-corrected chi connectivity index (χ4v) is 1.91. The predicted molar refractivity (Wildman–Crippen MR) is 81.7 cm³/mol. The number of nitrogens with zero attached hydrogens (tertiary/aromatic N) is 3. The van der Waals surface area contributed by atoms with Gasteiger partial charge in [-0.25, -0.2) is 4.98 Å². The zero-order valence-corrected chi connectivity index (χ0v) is 13.5. The summed E-state index contributed by atoms with van der Waals surface area (Å²) in [6.45, 7) is 15.9. The molecule has 0 unspecified atom stereocenters. The Balaban J connectivity index is 0.000000741. The highest BCUT2D eigenvalue weighted by Gasteiger charge is 2.22. The van der Waals surface area contributed by atoms with Gasteiger partial charge in [-0.1, -0.05) is 27.7 Å². The Morgan fingerprint density at radius 1 is 1.00 bits per heavy atom. The molecule has 1 aliphatic heterocycles. The first-order valence-corrected chi connectivity index (χ1v) is 7.34. The van der Waals surface area contributed by atoms with Gasteiger partial charge in [0, 0.05) is 13.1 Å². The summed E-state index contributed by atoms with van der Waals surface area (Å²) in [5, 5.41) is 0. The summed E-state index contributed by atoms with van der Waals surface area (Å²) in [4.78, 5) is 10.9. The number of rotatable bonds is 1. The van der Waals surface area contributed by atoms with Crippen LogP contribution in [0.3, 0.4) is 0 Å². The molecule has 0 amide bonds. The average Bonchev–Trinajstić information content (AvgIpc) is 2.43. The van der Waals surface area contributed by atoms with Gasteiger partial charge in [0.1, 0.15) is 5.82 Å². The molecule has 1 fully saturated rings. The number of hydrogen-bond acceptors (Lipinski definition) is 4. The number of aryl methyl sites for hydroxylation is 1. The molecule has 0 radical (unpaired) electrons. The summed E-state index contributed by atoms with van der Waals surface area (Å²) >= 11 is 0. The number of hydrogen-bond donors (Lipinski definition) is 0. The van der Waals surface area contributed by atoms with Crippen LogP contribution in [0.1, 0.15) is 47.2 Å². The molecule has 19 heavy (non-hydrogen) atoms. The van der Waals surface area contributed by atoms with Gasteiger partial charge in [0.25, 0.3) is 0 Å². The molecular formula is C15H29N3O. The third-order valence-corrected chi connectivity index (χ3v) is 2.51. The molecule has 4 nitrogen and oxygen atoms in total. The first-order chi connectivity index (χ1) is 9.15. The van der Waals surface area contributed by atoms with Crippen LogP contribution in [-0.4, -0.2) is 35.3 Å². The normalized spacial score (nSPS) is 21.7.